The zero-order valence-electron chi connectivity index (χ0n) is 9.48. The lowest BCUT2D eigenvalue weighted by Crippen LogP contribution is -1.96. The molecule has 0 bridgehead atoms. The van der Waals surface area contributed by atoms with Crippen molar-refractivity contribution in [2.45, 2.75) is 10.6 Å². The van der Waals surface area contributed by atoms with Crippen molar-refractivity contribution in [3.8, 4) is 0 Å². The summed E-state index contributed by atoms with van der Waals surface area (Å²) in [5.41, 5.74) is 1.19. The zero-order chi connectivity index (χ0) is 12.1. The fourth-order valence-corrected chi connectivity index (χ4v) is 2.69. The van der Waals surface area contributed by atoms with E-state index in [0.29, 0.717) is 0 Å². The van der Waals surface area contributed by atoms with Crippen LogP contribution in [-0.2, 0) is 5.75 Å². The fraction of sp³-hybridized carbons (Fsp3) is 0.154. The average molecular weight is 265 g/mol. The predicted molar refractivity (Wildman–Crippen MR) is 74.8 cm³/mol. The van der Waals surface area contributed by atoms with Crippen LogP contribution in [0.5, 0.6) is 0 Å². The Morgan fingerprint density at radius 2 is 2.18 bits per heavy atom. The van der Waals surface area contributed by atoms with Crippen molar-refractivity contribution in [1.82, 2.24) is 4.98 Å². The molecule has 0 saturated carbocycles. The Kier molecular flexibility index (Phi) is 4.29. The van der Waals surface area contributed by atoms with Gasteiger partial charge in [0.1, 0.15) is 5.82 Å². The van der Waals surface area contributed by atoms with Gasteiger partial charge in [0, 0.05) is 34.5 Å². The second-order valence-electron chi connectivity index (χ2n) is 3.51. The molecule has 0 amide bonds. The van der Waals surface area contributed by atoms with Gasteiger partial charge in [-0.15, -0.1) is 11.8 Å². The van der Waals surface area contributed by atoms with E-state index in [1.165, 1.54) is 10.5 Å². The van der Waals surface area contributed by atoms with Crippen LogP contribution in [0.3, 0.4) is 0 Å². The molecule has 88 valence electrons. The van der Waals surface area contributed by atoms with E-state index in [9.17, 15) is 0 Å². The van der Waals surface area contributed by atoms with Gasteiger partial charge in [-0.3, -0.25) is 0 Å². The Morgan fingerprint density at radius 3 is 2.94 bits per heavy atom. The van der Waals surface area contributed by atoms with Gasteiger partial charge >= 0.3 is 0 Å². The van der Waals surface area contributed by atoms with Gasteiger partial charge < -0.3 is 5.32 Å². The minimum Gasteiger partial charge on any atom is -0.373 e. The minimum absolute atomic E-state index is 0.773. The van der Waals surface area contributed by atoms with E-state index in [1.54, 1.807) is 18.0 Å². The lowest BCUT2D eigenvalue weighted by Gasteiger charge is -2.07. The van der Waals surface area contributed by atoms with Crippen molar-refractivity contribution >= 4 is 29.2 Å². The molecule has 0 fully saturated rings. The van der Waals surface area contributed by atoms with E-state index >= 15 is 0 Å². The Hall–Kier alpha value is -1.19. The van der Waals surface area contributed by atoms with E-state index in [2.05, 4.69) is 22.4 Å². The molecule has 0 aliphatic rings. The molecule has 0 aliphatic heterocycles. The smallest absolute Gasteiger partial charge is 0.129 e. The van der Waals surface area contributed by atoms with Gasteiger partial charge in [0.05, 0.1) is 0 Å². The Labute approximate surface area is 110 Å². The van der Waals surface area contributed by atoms with Crippen molar-refractivity contribution in [2.75, 3.05) is 12.4 Å². The van der Waals surface area contributed by atoms with Gasteiger partial charge in [0.15, 0.2) is 0 Å². The number of thioether (sulfide) groups is 1. The maximum atomic E-state index is 5.95. The van der Waals surface area contributed by atoms with Crippen molar-refractivity contribution in [3.05, 3.63) is 53.2 Å². The molecule has 0 spiro atoms. The van der Waals surface area contributed by atoms with Crippen LogP contribution in [0.25, 0.3) is 0 Å². The van der Waals surface area contributed by atoms with Gasteiger partial charge in [0.25, 0.3) is 0 Å². The van der Waals surface area contributed by atoms with Crippen LogP contribution in [-0.4, -0.2) is 12.0 Å². The van der Waals surface area contributed by atoms with Crippen LogP contribution in [0.15, 0.2) is 47.5 Å². The molecule has 0 radical (unpaired) electrons. The number of pyridine rings is 1. The topological polar surface area (TPSA) is 24.9 Å². The van der Waals surface area contributed by atoms with Crippen LogP contribution in [0.4, 0.5) is 5.82 Å². The number of anilines is 1. The molecule has 0 aliphatic carbocycles. The number of nitrogens with one attached hydrogen (secondary N) is 1. The maximum absolute atomic E-state index is 5.95. The first-order valence-corrected chi connectivity index (χ1v) is 6.66. The predicted octanol–water partition coefficient (Wildman–Crippen LogP) is 4.07. The summed E-state index contributed by atoms with van der Waals surface area (Å²) in [4.78, 5) is 5.45. The van der Waals surface area contributed by atoms with Gasteiger partial charge in [-0.25, -0.2) is 4.98 Å². The highest BCUT2D eigenvalue weighted by molar-refractivity contribution is 7.98. The lowest BCUT2D eigenvalue weighted by molar-refractivity contribution is 1.22. The standard InChI is InChI=1S/C13H13ClN2S/c1-15-13-10(4-3-7-16-13)9-17-12-6-2-5-11(14)8-12/h2-8H,9H2,1H3,(H,15,16). The first-order valence-electron chi connectivity index (χ1n) is 5.29. The number of hydrogen-bond donors (Lipinski definition) is 1. The van der Waals surface area contributed by atoms with E-state index in [0.717, 1.165) is 16.6 Å². The number of hydrogen-bond acceptors (Lipinski definition) is 3. The molecular formula is C13H13ClN2S. The van der Waals surface area contributed by atoms with Crippen LogP contribution < -0.4 is 5.32 Å². The first-order chi connectivity index (χ1) is 8.29. The van der Waals surface area contributed by atoms with Crippen molar-refractivity contribution < 1.29 is 0 Å². The molecule has 1 aromatic carbocycles. The highest BCUT2D eigenvalue weighted by atomic mass is 35.5. The van der Waals surface area contributed by atoms with Crippen LogP contribution >= 0.6 is 23.4 Å². The quantitative estimate of drug-likeness (QED) is 0.843. The summed E-state index contributed by atoms with van der Waals surface area (Å²) in [6.45, 7) is 0. The highest BCUT2D eigenvalue weighted by Gasteiger charge is 2.02. The molecule has 17 heavy (non-hydrogen) atoms. The monoisotopic (exact) mass is 264 g/mol. The Morgan fingerprint density at radius 1 is 1.29 bits per heavy atom. The number of nitrogens with zero attached hydrogens (tertiary/aromatic N) is 1. The van der Waals surface area contributed by atoms with Gasteiger partial charge in [-0.05, 0) is 24.3 Å². The van der Waals surface area contributed by atoms with Crippen molar-refractivity contribution in [3.63, 3.8) is 0 Å². The average Bonchev–Trinajstić information content (AvgIpc) is 2.37. The summed E-state index contributed by atoms with van der Waals surface area (Å²) in [6.07, 6.45) is 1.79. The van der Waals surface area contributed by atoms with Gasteiger partial charge in [-0.2, -0.15) is 0 Å². The summed E-state index contributed by atoms with van der Waals surface area (Å²) in [5, 5.41) is 3.87. The zero-order valence-corrected chi connectivity index (χ0v) is 11.1. The number of benzene rings is 1. The first kappa shape index (κ1) is 12.3. The van der Waals surface area contributed by atoms with Gasteiger partial charge in [-0.1, -0.05) is 23.7 Å². The molecule has 1 heterocycles. The summed E-state index contributed by atoms with van der Waals surface area (Å²) >= 11 is 7.70. The third-order valence-corrected chi connectivity index (χ3v) is 3.60. The van der Waals surface area contributed by atoms with Crippen LogP contribution in [0.2, 0.25) is 5.02 Å². The summed E-state index contributed by atoms with van der Waals surface area (Å²) in [7, 11) is 1.88. The molecule has 0 saturated heterocycles. The van der Waals surface area contributed by atoms with E-state index in [-0.39, 0.29) is 0 Å². The van der Waals surface area contributed by atoms with Gasteiger partial charge in [0.2, 0.25) is 0 Å². The minimum atomic E-state index is 0.773. The highest BCUT2D eigenvalue weighted by Crippen LogP contribution is 2.27. The normalized spacial score (nSPS) is 10.2. The Bertz CT molecular complexity index is 502. The molecule has 1 aromatic heterocycles. The third kappa shape index (κ3) is 3.38. The van der Waals surface area contributed by atoms with Crippen molar-refractivity contribution in [1.29, 1.82) is 0 Å². The molecule has 0 unspecified atom stereocenters. The van der Waals surface area contributed by atoms with Crippen LogP contribution in [0, 0.1) is 0 Å². The van der Waals surface area contributed by atoms with E-state index in [1.807, 2.05) is 31.3 Å². The molecule has 4 heteroatoms. The largest absolute Gasteiger partial charge is 0.373 e. The third-order valence-electron chi connectivity index (χ3n) is 2.32. The summed E-state index contributed by atoms with van der Waals surface area (Å²) in [6, 6.07) is 11.9. The van der Waals surface area contributed by atoms with Crippen LogP contribution in [0.1, 0.15) is 5.56 Å². The van der Waals surface area contributed by atoms with E-state index < -0.39 is 0 Å². The SMILES string of the molecule is CNc1ncccc1CSc1cccc(Cl)c1. The fourth-order valence-electron chi connectivity index (χ4n) is 1.50. The second kappa shape index (κ2) is 5.94. The molecule has 2 aromatic rings. The molecular weight excluding hydrogens is 252 g/mol. The summed E-state index contributed by atoms with van der Waals surface area (Å²) < 4.78 is 0. The number of rotatable bonds is 4. The molecule has 0 atom stereocenters. The van der Waals surface area contributed by atoms with E-state index in [4.69, 9.17) is 11.6 Å². The second-order valence-corrected chi connectivity index (χ2v) is 4.99. The molecule has 1 N–H and O–H groups in total. The summed E-state index contributed by atoms with van der Waals surface area (Å²) in [5.74, 6) is 1.81. The maximum Gasteiger partial charge on any atom is 0.129 e. The molecule has 2 nitrogen and oxygen atoms in total. The Balaban J connectivity index is 2.07. The number of aromatic nitrogens is 1. The number of halogens is 1. The van der Waals surface area contributed by atoms with Crippen molar-refractivity contribution in [2.24, 2.45) is 0 Å². The lowest BCUT2D eigenvalue weighted by atomic mass is 10.3. The molecule has 2 rings (SSSR count).